The van der Waals surface area contributed by atoms with Gasteiger partial charge in [-0.1, -0.05) is 18.2 Å². The minimum atomic E-state index is -0.133. The fourth-order valence-corrected chi connectivity index (χ4v) is 2.48. The number of aromatic nitrogens is 1. The SMILES string of the molecule is O=C(Cn1c(=O)ccc2ccccc21)C1CCOC1. The Balaban J connectivity index is 1.97. The van der Waals surface area contributed by atoms with Gasteiger partial charge in [0.1, 0.15) is 0 Å². The van der Waals surface area contributed by atoms with Gasteiger partial charge < -0.3 is 9.30 Å². The van der Waals surface area contributed by atoms with Gasteiger partial charge in [0.15, 0.2) is 5.78 Å². The van der Waals surface area contributed by atoms with Crippen molar-refractivity contribution in [3.63, 3.8) is 0 Å². The van der Waals surface area contributed by atoms with Gasteiger partial charge in [-0.3, -0.25) is 9.59 Å². The number of benzene rings is 1. The van der Waals surface area contributed by atoms with Crippen LogP contribution in [0.5, 0.6) is 0 Å². The van der Waals surface area contributed by atoms with E-state index >= 15 is 0 Å². The van der Waals surface area contributed by atoms with Crippen LogP contribution in [0.4, 0.5) is 0 Å². The zero-order valence-corrected chi connectivity index (χ0v) is 10.5. The first kappa shape index (κ1) is 12.1. The van der Waals surface area contributed by atoms with Crippen LogP contribution in [0.15, 0.2) is 41.2 Å². The molecule has 1 aromatic heterocycles. The lowest BCUT2D eigenvalue weighted by Gasteiger charge is -2.11. The highest BCUT2D eigenvalue weighted by Gasteiger charge is 2.24. The number of rotatable bonds is 3. The van der Waals surface area contributed by atoms with Gasteiger partial charge >= 0.3 is 0 Å². The van der Waals surface area contributed by atoms with Crippen LogP contribution >= 0.6 is 0 Å². The molecule has 0 N–H and O–H groups in total. The van der Waals surface area contributed by atoms with Crippen LogP contribution in [-0.2, 0) is 16.1 Å². The van der Waals surface area contributed by atoms with E-state index in [4.69, 9.17) is 4.74 Å². The molecule has 0 aliphatic carbocycles. The molecule has 4 heteroatoms. The molecule has 2 aromatic rings. The predicted molar refractivity (Wildman–Crippen MR) is 72.1 cm³/mol. The van der Waals surface area contributed by atoms with Crippen molar-refractivity contribution in [2.45, 2.75) is 13.0 Å². The number of ketones is 1. The normalized spacial score (nSPS) is 18.8. The van der Waals surface area contributed by atoms with Gasteiger partial charge in [0.2, 0.25) is 0 Å². The van der Waals surface area contributed by atoms with Crippen LogP contribution in [0.25, 0.3) is 10.9 Å². The predicted octanol–water partition coefficient (Wildman–Crippen LogP) is 1.61. The van der Waals surface area contributed by atoms with E-state index in [1.165, 1.54) is 6.07 Å². The first-order valence-electron chi connectivity index (χ1n) is 6.45. The molecule has 0 spiro atoms. The van der Waals surface area contributed by atoms with Crippen molar-refractivity contribution in [2.24, 2.45) is 5.92 Å². The Labute approximate surface area is 110 Å². The van der Waals surface area contributed by atoms with Crippen LogP contribution in [0.1, 0.15) is 6.42 Å². The van der Waals surface area contributed by atoms with Crippen LogP contribution < -0.4 is 5.56 Å². The second-order valence-corrected chi connectivity index (χ2v) is 4.84. The summed E-state index contributed by atoms with van der Waals surface area (Å²) in [6.07, 6.45) is 0.762. The molecular formula is C15H15NO3. The number of hydrogen-bond donors (Lipinski definition) is 0. The van der Waals surface area contributed by atoms with E-state index in [9.17, 15) is 9.59 Å². The molecule has 1 aromatic carbocycles. The fraction of sp³-hybridized carbons (Fsp3) is 0.333. The molecule has 19 heavy (non-hydrogen) atoms. The molecule has 1 atom stereocenters. The Morgan fingerprint density at radius 1 is 1.26 bits per heavy atom. The minimum absolute atomic E-state index is 0.0640. The third kappa shape index (κ3) is 2.31. The highest BCUT2D eigenvalue weighted by molar-refractivity contribution is 5.84. The number of carbonyl (C=O) groups excluding carboxylic acids is 1. The number of pyridine rings is 1. The van der Waals surface area contributed by atoms with Gasteiger partial charge in [-0.05, 0) is 23.9 Å². The first-order chi connectivity index (χ1) is 9.25. The number of carbonyl (C=O) groups is 1. The highest BCUT2D eigenvalue weighted by Crippen LogP contribution is 2.16. The Kier molecular flexibility index (Phi) is 3.17. The van der Waals surface area contributed by atoms with E-state index in [2.05, 4.69) is 0 Å². The lowest BCUT2D eigenvalue weighted by atomic mass is 10.0. The van der Waals surface area contributed by atoms with E-state index < -0.39 is 0 Å². The van der Waals surface area contributed by atoms with Crippen LogP contribution in [-0.4, -0.2) is 23.6 Å². The standard InChI is InChI=1S/C15H15NO3/c17-14(12-7-8-19-10-12)9-16-13-4-2-1-3-11(13)5-6-15(16)18/h1-6,12H,7-10H2. The summed E-state index contributed by atoms with van der Waals surface area (Å²) in [6.45, 7) is 1.26. The summed E-state index contributed by atoms with van der Waals surface area (Å²) in [7, 11) is 0. The average Bonchev–Trinajstić information content (AvgIpc) is 2.96. The number of Topliss-reactive ketones (excluding diaryl/α,β-unsaturated/α-hetero) is 1. The summed E-state index contributed by atoms with van der Waals surface area (Å²) in [5.74, 6) is 0.0156. The molecule has 0 bridgehead atoms. The molecule has 1 unspecified atom stereocenters. The molecule has 1 aliphatic rings. The van der Waals surface area contributed by atoms with Crippen molar-refractivity contribution >= 4 is 16.7 Å². The Bertz CT molecular complexity index is 668. The van der Waals surface area contributed by atoms with Gasteiger partial charge in [0, 0.05) is 18.6 Å². The quantitative estimate of drug-likeness (QED) is 0.839. The van der Waals surface area contributed by atoms with Crippen molar-refractivity contribution < 1.29 is 9.53 Å². The zero-order valence-electron chi connectivity index (χ0n) is 10.5. The third-order valence-corrected chi connectivity index (χ3v) is 3.60. The molecule has 1 saturated heterocycles. The maximum atomic E-state index is 12.2. The Morgan fingerprint density at radius 3 is 2.89 bits per heavy atom. The minimum Gasteiger partial charge on any atom is -0.381 e. The van der Waals surface area contributed by atoms with E-state index in [0.717, 1.165) is 17.3 Å². The van der Waals surface area contributed by atoms with Crippen molar-refractivity contribution in [2.75, 3.05) is 13.2 Å². The van der Waals surface area contributed by atoms with Gasteiger partial charge in [-0.2, -0.15) is 0 Å². The average molecular weight is 257 g/mol. The molecule has 0 amide bonds. The molecule has 0 saturated carbocycles. The zero-order chi connectivity index (χ0) is 13.2. The van der Waals surface area contributed by atoms with E-state index in [-0.39, 0.29) is 23.8 Å². The number of ether oxygens (including phenoxy) is 1. The maximum Gasteiger partial charge on any atom is 0.251 e. The molecule has 98 valence electrons. The van der Waals surface area contributed by atoms with Crippen molar-refractivity contribution in [3.8, 4) is 0 Å². The summed E-state index contributed by atoms with van der Waals surface area (Å²) >= 11 is 0. The van der Waals surface area contributed by atoms with E-state index in [0.29, 0.717) is 13.2 Å². The molecule has 1 aliphatic heterocycles. The van der Waals surface area contributed by atoms with Crippen molar-refractivity contribution in [1.29, 1.82) is 0 Å². The van der Waals surface area contributed by atoms with Crippen LogP contribution in [0.3, 0.4) is 0 Å². The van der Waals surface area contributed by atoms with Gasteiger partial charge in [0.05, 0.1) is 18.7 Å². The Hall–Kier alpha value is -1.94. The summed E-state index contributed by atoms with van der Waals surface area (Å²) in [5.41, 5.74) is 0.674. The summed E-state index contributed by atoms with van der Waals surface area (Å²) in [6, 6.07) is 10.9. The molecule has 1 fully saturated rings. The summed E-state index contributed by atoms with van der Waals surface area (Å²) in [5, 5.41) is 0.970. The lowest BCUT2D eigenvalue weighted by molar-refractivity contribution is -0.123. The van der Waals surface area contributed by atoms with E-state index in [1.54, 1.807) is 10.6 Å². The monoisotopic (exact) mass is 257 g/mol. The smallest absolute Gasteiger partial charge is 0.251 e. The first-order valence-corrected chi connectivity index (χ1v) is 6.45. The summed E-state index contributed by atoms with van der Waals surface area (Å²) in [4.78, 5) is 24.1. The molecule has 0 radical (unpaired) electrons. The lowest BCUT2D eigenvalue weighted by Crippen LogP contribution is -2.27. The number of hydrogen-bond acceptors (Lipinski definition) is 3. The summed E-state index contributed by atoms with van der Waals surface area (Å²) < 4.78 is 6.78. The van der Waals surface area contributed by atoms with E-state index in [1.807, 2.05) is 24.3 Å². The highest BCUT2D eigenvalue weighted by atomic mass is 16.5. The maximum absolute atomic E-state index is 12.2. The molecular weight excluding hydrogens is 242 g/mol. The van der Waals surface area contributed by atoms with Gasteiger partial charge in [-0.25, -0.2) is 0 Å². The van der Waals surface area contributed by atoms with Crippen molar-refractivity contribution in [3.05, 3.63) is 46.8 Å². The van der Waals surface area contributed by atoms with Gasteiger partial charge in [0.25, 0.3) is 5.56 Å². The molecule has 3 rings (SSSR count). The number of fused-ring (bicyclic) bond motifs is 1. The second-order valence-electron chi connectivity index (χ2n) is 4.84. The third-order valence-electron chi connectivity index (χ3n) is 3.60. The number of nitrogens with zero attached hydrogens (tertiary/aromatic N) is 1. The molecule has 2 heterocycles. The largest absolute Gasteiger partial charge is 0.381 e. The van der Waals surface area contributed by atoms with Crippen molar-refractivity contribution in [1.82, 2.24) is 4.57 Å². The Morgan fingerprint density at radius 2 is 2.11 bits per heavy atom. The molecule has 4 nitrogen and oxygen atoms in total. The van der Waals surface area contributed by atoms with Gasteiger partial charge in [-0.15, -0.1) is 0 Å². The fourth-order valence-electron chi connectivity index (χ4n) is 2.48. The van der Waals surface area contributed by atoms with Crippen LogP contribution in [0.2, 0.25) is 0 Å². The number of para-hydroxylation sites is 1. The second kappa shape index (κ2) is 4.97. The topological polar surface area (TPSA) is 48.3 Å². The van der Waals surface area contributed by atoms with Crippen LogP contribution in [0, 0.1) is 5.92 Å².